The van der Waals surface area contributed by atoms with Crippen LogP contribution in [0.1, 0.15) is 40.7 Å². The second kappa shape index (κ2) is 7.61. The second-order valence-corrected chi connectivity index (χ2v) is 6.91. The number of nitrogens with zero attached hydrogens (tertiary/aromatic N) is 2. The zero-order chi connectivity index (χ0) is 18.6. The van der Waals surface area contributed by atoms with E-state index in [1.165, 1.54) is 0 Å². The number of aromatic nitrogens is 2. The fourth-order valence-electron chi connectivity index (χ4n) is 3.26. The minimum absolute atomic E-state index is 0.251. The fraction of sp³-hybridized carbons (Fsp3) is 0.286. The molecule has 2 aromatic heterocycles. The van der Waals surface area contributed by atoms with Crippen LogP contribution in [0.3, 0.4) is 0 Å². The van der Waals surface area contributed by atoms with Crippen molar-refractivity contribution in [1.29, 1.82) is 0 Å². The lowest BCUT2D eigenvalue weighted by molar-refractivity contribution is 0.101. The predicted octanol–water partition coefficient (Wildman–Crippen LogP) is 4.03. The average molecular weight is 363 g/mol. The third kappa shape index (κ3) is 4.00. The highest BCUT2D eigenvalue weighted by Gasteiger charge is 2.27. The molecule has 3 aromatic rings. The van der Waals surface area contributed by atoms with Crippen molar-refractivity contribution in [2.24, 2.45) is 5.92 Å². The summed E-state index contributed by atoms with van der Waals surface area (Å²) >= 11 is 0. The van der Waals surface area contributed by atoms with Gasteiger partial charge in [-0.1, -0.05) is 24.2 Å². The standard InChI is InChI=1S/C21H21N3O3/c1-14-7-8-19-18(10-14)20(24-27-19)21(25)23-16-5-2-6-17(11-16)26-13-15-4-3-9-22-12-15/h2-6,9,11-12,14H,7-8,10,13H2,1H3,(H,23,25). The smallest absolute Gasteiger partial charge is 0.278 e. The molecule has 1 aliphatic rings. The number of anilines is 1. The quantitative estimate of drug-likeness (QED) is 0.741. The van der Waals surface area contributed by atoms with Gasteiger partial charge in [-0.25, -0.2) is 0 Å². The Morgan fingerprint density at radius 3 is 3.11 bits per heavy atom. The van der Waals surface area contributed by atoms with E-state index in [-0.39, 0.29) is 5.91 Å². The third-order valence-electron chi connectivity index (χ3n) is 4.72. The lowest BCUT2D eigenvalue weighted by Crippen LogP contribution is -2.17. The molecule has 138 valence electrons. The molecule has 2 heterocycles. The first-order valence-electron chi connectivity index (χ1n) is 9.09. The number of benzene rings is 1. The van der Waals surface area contributed by atoms with Gasteiger partial charge < -0.3 is 14.6 Å². The number of amides is 1. The molecule has 0 bridgehead atoms. The van der Waals surface area contributed by atoms with Crippen molar-refractivity contribution < 1.29 is 14.1 Å². The van der Waals surface area contributed by atoms with Gasteiger partial charge in [0, 0.05) is 41.7 Å². The van der Waals surface area contributed by atoms with E-state index in [9.17, 15) is 4.79 Å². The van der Waals surface area contributed by atoms with Gasteiger partial charge in [-0.2, -0.15) is 0 Å². The van der Waals surface area contributed by atoms with E-state index in [0.717, 1.165) is 36.1 Å². The molecular formula is C21H21N3O3. The van der Waals surface area contributed by atoms with Crippen LogP contribution < -0.4 is 10.1 Å². The molecule has 0 spiro atoms. The number of carbonyl (C=O) groups is 1. The minimum atomic E-state index is -0.251. The van der Waals surface area contributed by atoms with Crippen LogP contribution in [0.15, 0.2) is 53.3 Å². The van der Waals surface area contributed by atoms with Crippen molar-refractivity contribution >= 4 is 11.6 Å². The van der Waals surface area contributed by atoms with E-state index in [0.29, 0.717) is 29.7 Å². The Morgan fingerprint density at radius 2 is 2.26 bits per heavy atom. The van der Waals surface area contributed by atoms with Gasteiger partial charge in [0.15, 0.2) is 5.69 Å². The van der Waals surface area contributed by atoms with Crippen molar-refractivity contribution in [2.45, 2.75) is 32.8 Å². The van der Waals surface area contributed by atoms with E-state index in [1.807, 2.05) is 30.3 Å². The maximum Gasteiger partial charge on any atom is 0.278 e. The SMILES string of the molecule is CC1CCc2onc(C(=O)Nc3cccc(OCc4cccnc4)c3)c2C1. The molecule has 0 saturated heterocycles. The molecule has 6 nitrogen and oxygen atoms in total. The second-order valence-electron chi connectivity index (χ2n) is 6.91. The van der Waals surface area contributed by atoms with Gasteiger partial charge in [0.05, 0.1) is 0 Å². The number of hydrogen-bond acceptors (Lipinski definition) is 5. The fourth-order valence-corrected chi connectivity index (χ4v) is 3.26. The number of fused-ring (bicyclic) bond motifs is 1. The molecule has 0 saturated carbocycles. The average Bonchev–Trinajstić information content (AvgIpc) is 3.11. The lowest BCUT2D eigenvalue weighted by atomic mass is 9.88. The zero-order valence-corrected chi connectivity index (χ0v) is 15.1. The summed E-state index contributed by atoms with van der Waals surface area (Å²) in [4.78, 5) is 16.7. The first kappa shape index (κ1) is 17.3. The Morgan fingerprint density at radius 1 is 1.33 bits per heavy atom. The topological polar surface area (TPSA) is 77.2 Å². The van der Waals surface area contributed by atoms with Crippen molar-refractivity contribution in [3.8, 4) is 5.75 Å². The van der Waals surface area contributed by atoms with E-state index in [1.54, 1.807) is 18.5 Å². The predicted molar refractivity (Wildman–Crippen MR) is 101 cm³/mol. The summed E-state index contributed by atoms with van der Waals surface area (Å²) in [6, 6.07) is 11.1. The molecule has 1 aromatic carbocycles. The zero-order valence-electron chi connectivity index (χ0n) is 15.1. The van der Waals surface area contributed by atoms with Gasteiger partial charge in [-0.15, -0.1) is 0 Å². The third-order valence-corrected chi connectivity index (χ3v) is 4.72. The normalized spacial score (nSPS) is 15.8. The summed E-state index contributed by atoms with van der Waals surface area (Å²) in [6.45, 7) is 2.60. The first-order chi connectivity index (χ1) is 13.2. The Bertz CT molecular complexity index is 937. The highest BCUT2D eigenvalue weighted by molar-refractivity contribution is 6.04. The van der Waals surface area contributed by atoms with E-state index < -0.39 is 0 Å². The molecule has 1 aliphatic carbocycles. The Balaban J connectivity index is 1.44. The Labute approximate surface area is 157 Å². The molecular weight excluding hydrogens is 342 g/mol. The molecule has 0 radical (unpaired) electrons. The molecule has 1 atom stereocenters. The summed E-state index contributed by atoms with van der Waals surface area (Å²) < 4.78 is 11.1. The largest absolute Gasteiger partial charge is 0.489 e. The number of pyridine rings is 1. The van der Waals surface area contributed by atoms with Crippen LogP contribution in [0.4, 0.5) is 5.69 Å². The molecule has 1 amide bonds. The van der Waals surface area contributed by atoms with Crippen molar-refractivity contribution in [3.63, 3.8) is 0 Å². The van der Waals surface area contributed by atoms with Gasteiger partial charge in [-0.3, -0.25) is 9.78 Å². The van der Waals surface area contributed by atoms with E-state index in [2.05, 4.69) is 22.4 Å². The monoisotopic (exact) mass is 363 g/mol. The summed E-state index contributed by atoms with van der Waals surface area (Å²) in [5.74, 6) is 1.80. The van der Waals surface area contributed by atoms with Crippen molar-refractivity contribution in [3.05, 3.63) is 71.4 Å². The Hall–Kier alpha value is -3.15. The molecule has 0 aliphatic heterocycles. The molecule has 0 fully saturated rings. The van der Waals surface area contributed by atoms with Gasteiger partial charge in [-0.05, 0) is 37.0 Å². The number of carbonyl (C=O) groups excluding carboxylic acids is 1. The van der Waals surface area contributed by atoms with Gasteiger partial charge >= 0.3 is 0 Å². The lowest BCUT2D eigenvalue weighted by Gasteiger charge is -2.16. The molecule has 1 N–H and O–H groups in total. The van der Waals surface area contributed by atoms with Gasteiger partial charge in [0.25, 0.3) is 5.91 Å². The highest BCUT2D eigenvalue weighted by atomic mass is 16.5. The maximum atomic E-state index is 12.7. The molecule has 1 unspecified atom stereocenters. The molecule has 4 rings (SSSR count). The molecule has 6 heteroatoms. The van der Waals surface area contributed by atoms with Crippen LogP contribution in [0, 0.1) is 5.92 Å². The summed E-state index contributed by atoms with van der Waals surface area (Å²) in [5.41, 5.74) is 2.97. The molecule has 27 heavy (non-hydrogen) atoms. The van der Waals surface area contributed by atoms with Crippen molar-refractivity contribution in [1.82, 2.24) is 10.1 Å². The minimum Gasteiger partial charge on any atom is -0.489 e. The van der Waals surface area contributed by atoms with Crippen LogP contribution >= 0.6 is 0 Å². The van der Waals surface area contributed by atoms with Gasteiger partial charge in [0.1, 0.15) is 18.1 Å². The number of nitrogens with one attached hydrogen (secondary N) is 1. The highest BCUT2D eigenvalue weighted by Crippen LogP contribution is 2.28. The van der Waals surface area contributed by atoms with Gasteiger partial charge in [0.2, 0.25) is 0 Å². The number of rotatable bonds is 5. The van der Waals surface area contributed by atoms with Crippen LogP contribution in [-0.4, -0.2) is 16.0 Å². The number of ether oxygens (including phenoxy) is 1. The summed E-state index contributed by atoms with van der Waals surface area (Å²) in [7, 11) is 0. The van der Waals surface area contributed by atoms with Crippen LogP contribution in [0.2, 0.25) is 0 Å². The summed E-state index contributed by atoms with van der Waals surface area (Å²) in [6.07, 6.45) is 6.23. The summed E-state index contributed by atoms with van der Waals surface area (Å²) in [5, 5.41) is 6.90. The van der Waals surface area contributed by atoms with Crippen LogP contribution in [0.25, 0.3) is 0 Å². The van der Waals surface area contributed by atoms with Crippen molar-refractivity contribution in [2.75, 3.05) is 5.32 Å². The first-order valence-corrected chi connectivity index (χ1v) is 9.09. The maximum absolute atomic E-state index is 12.7. The van der Waals surface area contributed by atoms with Crippen LogP contribution in [0.5, 0.6) is 5.75 Å². The number of hydrogen-bond donors (Lipinski definition) is 1. The van der Waals surface area contributed by atoms with E-state index in [4.69, 9.17) is 9.26 Å². The number of aryl methyl sites for hydroxylation is 1. The van der Waals surface area contributed by atoms with E-state index >= 15 is 0 Å². The Kier molecular flexibility index (Phi) is 4.87. The van der Waals surface area contributed by atoms with Crippen LogP contribution in [-0.2, 0) is 19.4 Å².